The maximum atomic E-state index is 13.3. The Morgan fingerprint density at radius 3 is 2.19 bits per heavy atom. The van der Waals surface area contributed by atoms with Gasteiger partial charge in [0.2, 0.25) is 15.9 Å². The number of amides is 1. The lowest BCUT2D eigenvalue weighted by atomic mass is 10.1. The van der Waals surface area contributed by atoms with Gasteiger partial charge < -0.3 is 5.32 Å². The van der Waals surface area contributed by atoms with Gasteiger partial charge in [-0.3, -0.25) is 4.79 Å². The summed E-state index contributed by atoms with van der Waals surface area (Å²) in [6.07, 6.45) is 0. The van der Waals surface area contributed by atoms with Crippen LogP contribution in [-0.4, -0.2) is 38.3 Å². The van der Waals surface area contributed by atoms with Crippen molar-refractivity contribution in [1.82, 2.24) is 9.62 Å². The van der Waals surface area contributed by atoms with E-state index in [0.717, 1.165) is 4.31 Å². The molecule has 0 bridgehead atoms. The number of carbonyl (C=O) groups is 1. The molecule has 0 atom stereocenters. The smallest absolute Gasteiger partial charge is 0.243 e. The zero-order valence-corrected chi connectivity index (χ0v) is 13.7. The lowest BCUT2D eigenvalue weighted by molar-refractivity contribution is -0.121. The van der Waals surface area contributed by atoms with Crippen LogP contribution in [0.5, 0.6) is 0 Å². The summed E-state index contributed by atoms with van der Waals surface area (Å²) in [5.41, 5.74) is 0.646. The van der Waals surface area contributed by atoms with Crippen molar-refractivity contribution in [3.8, 4) is 0 Å². The molecule has 1 aromatic carbocycles. The van der Waals surface area contributed by atoms with E-state index in [2.05, 4.69) is 5.32 Å². The van der Waals surface area contributed by atoms with Crippen LogP contribution in [-0.2, 0) is 14.8 Å². The Morgan fingerprint density at radius 1 is 1.29 bits per heavy atom. The molecule has 5 nitrogen and oxygen atoms in total. The summed E-state index contributed by atoms with van der Waals surface area (Å²) in [7, 11) is -2.51. The molecular formula is C14H21FN2O3S. The van der Waals surface area contributed by atoms with Crippen molar-refractivity contribution in [2.75, 3.05) is 13.6 Å². The molecule has 0 radical (unpaired) electrons. The second-order valence-corrected chi connectivity index (χ2v) is 7.33. The molecule has 0 heterocycles. The van der Waals surface area contributed by atoms with Gasteiger partial charge in [-0.2, -0.15) is 4.31 Å². The molecule has 0 unspecified atom stereocenters. The Balaban J connectivity index is 3.09. The van der Waals surface area contributed by atoms with Gasteiger partial charge >= 0.3 is 0 Å². The van der Waals surface area contributed by atoms with Crippen molar-refractivity contribution in [3.05, 3.63) is 29.1 Å². The summed E-state index contributed by atoms with van der Waals surface area (Å²) in [4.78, 5) is 11.7. The minimum atomic E-state index is -3.84. The minimum absolute atomic E-state index is 0.0451. The normalized spacial score (nSPS) is 12.0. The van der Waals surface area contributed by atoms with Crippen LogP contribution in [0.15, 0.2) is 17.0 Å². The molecule has 21 heavy (non-hydrogen) atoms. The number of halogens is 1. The van der Waals surface area contributed by atoms with E-state index in [1.54, 1.807) is 13.8 Å². The fourth-order valence-corrected chi connectivity index (χ4v) is 3.65. The van der Waals surface area contributed by atoms with Crippen LogP contribution in [0.3, 0.4) is 0 Å². The molecule has 118 valence electrons. The van der Waals surface area contributed by atoms with Gasteiger partial charge in [0, 0.05) is 13.1 Å². The highest BCUT2D eigenvalue weighted by molar-refractivity contribution is 7.89. The molecule has 0 aliphatic rings. The van der Waals surface area contributed by atoms with Gasteiger partial charge in [0.25, 0.3) is 0 Å². The number of nitrogens with one attached hydrogen (secondary N) is 1. The zero-order chi connectivity index (χ0) is 16.4. The molecular weight excluding hydrogens is 295 g/mol. The monoisotopic (exact) mass is 316 g/mol. The standard InChI is InChI=1S/C14H21FN2O3S/c1-9(2)16-13(18)8-17(5)21(19,20)14-10(3)6-12(15)7-11(14)4/h6-7,9H,8H2,1-5H3,(H,16,18). The molecule has 0 aliphatic heterocycles. The third-order valence-electron chi connectivity index (χ3n) is 2.91. The van der Waals surface area contributed by atoms with Crippen molar-refractivity contribution in [2.24, 2.45) is 0 Å². The molecule has 7 heteroatoms. The van der Waals surface area contributed by atoms with Crippen LogP contribution < -0.4 is 5.32 Å². The van der Waals surface area contributed by atoms with E-state index in [-0.39, 0.29) is 23.4 Å². The van der Waals surface area contributed by atoms with Gasteiger partial charge in [-0.15, -0.1) is 0 Å². The van der Waals surface area contributed by atoms with Crippen molar-refractivity contribution in [2.45, 2.75) is 38.6 Å². The lowest BCUT2D eigenvalue weighted by Gasteiger charge is -2.20. The second kappa shape index (κ2) is 6.53. The van der Waals surface area contributed by atoms with Crippen LogP contribution in [0, 0.1) is 19.7 Å². The van der Waals surface area contributed by atoms with E-state index < -0.39 is 15.8 Å². The van der Waals surface area contributed by atoms with E-state index in [0.29, 0.717) is 11.1 Å². The molecule has 0 fully saturated rings. The molecule has 1 aromatic rings. The van der Waals surface area contributed by atoms with E-state index >= 15 is 0 Å². The quantitative estimate of drug-likeness (QED) is 0.897. The van der Waals surface area contributed by atoms with Crippen molar-refractivity contribution in [1.29, 1.82) is 0 Å². The fourth-order valence-electron chi connectivity index (χ4n) is 2.11. The highest BCUT2D eigenvalue weighted by Crippen LogP contribution is 2.24. The Labute approximate surface area is 125 Å². The van der Waals surface area contributed by atoms with Crippen LogP contribution in [0.25, 0.3) is 0 Å². The summed E-state index contributed by atoms with van der Waals surface area (Å²) >= 11 is 0. The third-order valence-corrected chi connectivity index (χ3v) is 5.02. The average molecular weight is 316 g/mol. The van der Waals surface area contributed by atoms with Crippen LogP contribution >= 0.6 is 0 Å². The number of likely N-dealkylation sites (N-methyl/N-ethyl adjacent to an activating group) is 1. The highest BCUT2D eigenvalue weighted by Gasteiger charge is 2.26. The van der Waals surface area contributed by atoms with Crippen molar-refractivity contribution < 1.29 is 17.6 Å². The van der Waals surface area contributed by atoms with Gasteiger partial charge in [0.1, 0.15) is 5.82 Å². The van der Waals surface area contributed by atoms with E-state index in [4.69, 9.17) is 0 Å². The number of benzene rings is 1. The summed E-state index contributed by atoms with van der Waals surface area (Å²) in [5, 5.41) is 2.63. The summed E-state index contributed by atoms with van der Waals surface area (Å²) in [5.74, 6) is -0.863. The Morgan fingerprint density at radius 2 is 1.76 bits per heavy atom. The first-order valence-corrected chi connectivity index (χ1v) is 8.02. The Hall–Kier alpha value is -1.47. The van der Waals surface area contributed by atoms with Crippen LogP contribution in [0.4, 0.5) is 4.39 Å². The molecule has 1 rings (SSSR count). The van der Waals surface area contributed by atoms with Gasteiger partial charge in [0.15, 0.2) is 0 Å². The second-order valence-electron chi connectivity index (χ2n) is 5.35. The Kier molecular flexibility index (Phi) is 5.47. The Bertz CT molecular complexity index is 619. The number of sulfonamides is 1. The first kappa shape index (κ1) is 17.6. The molecule has 0 spiro atoms. The van der Waals surface area contributed by atoms with Crippen molar-refractivity contribution >= 4 is 15.9 Å². The predicted molar refractivity (Wildman–Crippen MR) is 79.0 cm³/mol. The number of aryl methyl sites for hydroxylation is 2. The maximum Gasteiger partial charge on any atom is 0.243 e. The number of nitrogens with zero attached hydrogens (tertiary/aromatic N) is 1. The largest absolute Gasteiger partial charge is 0.353 e. The van der Waals surface area contributed by atoms with Gasteiger partial charge in [-0.25, -0.2) is 12.8 Å². The fraction of sp³-hybridized carbons (Fsp3) is 0.500. The summed E-state index contributed by atoms with van der Waals surface area (Å²) in [6, 6.07) is 2.27. The van der Waals surface area contributed by atoms with Gasteiger partial charge in [0.05, 0.1) is 11.4 Å². The van der Waals surface area contributed by atoms with Gasteiger partial charge in [-0.05, 0) is 51.0 Å². The summed E-state index contributed by atoms with van der Waals surface area (Å²) in [6.45, 7) is 6.37. The van der Waals surface area contributed by atoms with Crippen LogP contribution in [0.1, 0.15) is 25.0 Å². The van der Waals surface area contributed by atoms with E-state index in [1.165, 1.54) is 33.0 Å². The maximum absolute atomic E-state index is 13.3. The van der Waals surface area contributed by atoms with Crippen molar-refractivity contribution in [3.63, 3.8) is 0 Å². The molecule has 0 saturated carbocycles. The number of hydrogen-bond donors (Lipinski definition) is 1. The summed E-state index contributed by atoms with van der Waals surface area (Å²) < 4.78 is 39.3. The first-order chi connectivity index (χ1) is 9.55. The molecule has 0 aromatic heterocycles. The first-order valence-electron chi connectivity index (χ1n) is 6.58. The van der Waals surface area contributed by atoms with E-state index in [1.807, 2.05) is 0 Å². The molecule has 1 N–H and O–H groups in total. The number of carbonyl (C=O) groups excluding carboxylic acids is 1. The zero-order valence-electron chi connectivity index (χ0n) is 12.9. The molecule has 0 saturated heterocycles. The molecule has 1 amide bonds. The lowest BCUT2D eigenvalue weighted by Crippen LogP contribution is -2.41. The molecule has 0 aliphatic carbocycles. The van der Waals surface area contributed by atoms with Gasteiger partial charge in [-0.1, -0.05) is 0 Å². The number of hydrogen-bond acceptors (Lipinski definition) is 3. The van der Waals surface area contributed by atoms with Crippen LogP contribution in [0.2, 0.25) is 0 Å². The topological polar surface area (TPSA) is 66.5 Å². The number of rotatable bonds is 5. The third kappa shape index (κ3) is 4.25. The SMILES string of the molecule is Cc1cc(F)cc(C)c1S(=O)(=O)N(C)CC(=O)NC(C)C. The minimum Gasteiger partial charge on any atom is -0.353 e. The average Bonchev–Trinajstić information content (AvgIpc) is 2.24. The highest BCUT2D eigenvalue weighted by atomic mass is 32.2. The predicted octanol–water partition coefficient (Wildman–Crippen LogP) is 1.59. The van der Waals surface area contributed by atoms with E-state index in [9.17, 15) is 17.6 Å².